The second-order valence-electron chi connectivity index (χ2n) is 7.96. The molecular weight excluding hydrogens is 515 g/mol. The van der Waals surface area contributed by atoms with Gasteiger partial charge in [-0.05, 0) is 49.9 Å². The van der Waals surface area contributed by atoms with Crippen molar-refractivity contribution in [2.75, 3.05) is 26.7 Å². The monoisotopic (exact) mass is 550 g/mol. The predicted octanol–water partition coefficient (Wildman–Crippen LogP) is 4.20. The van der Waals surface area contributed by atoms with E-state index in [-0.39, 0.29) is 36.0 Å². The van der Waals surface area contributed by atoms with Crippen LogP contribution in [-0.2, 0) is 11.3 Å². The van der Waals surface area contributed by atoms with Gasteiger partial charge in [0.15, 0.2) is 5.96 Å². The number of halogens is 1. The molecule has 0 spiro atoms. The smallest absolute Gasteiger partial charge is 0.251 e. The molecule has 1 aliphatic rings. The number of benzene rings is 2. The number of nitrogens with zero attached hydrogens (tertiary/aromatic N) is 1. The number of rotatable bonds is 7. The summed E-state index contributed by atoms with van der Waals surface area (Å²) < 4.78 is 6.14. The van der Waals surface area contributed by atoms with Crippen molar-refractivity contribution in [3.05, 3.63) is 70.8 Å². The predicted molar refractivity (Wildman–Crippen MR) is 141 cm³/mol. The number of aliphatic imine (C=N–C) groups is 1. The van der Waals surface area contributed by atoms with Crippen molar-refractivity contribution in [1.82, 2.24) is 16.0 Å². The zero-order chi connectivity index (χ0) is 22.1. The van der Waals surface area contributed by atoms with Gasteiger partial charge in [-0.25, -0.2) is 4.99 Å². The normalized spacial score (nSPS) is 18.4. The molecule has 2 atom stereocenters. The van der Waals surface area contributed by atoms with Gasteiger partial charge in [-0.3, -0.25) is 4.79 Å². The number of guanidine groups is 1. The lowest BCUT2D eigenvalue weighted by atomic mass is 9.89. The van der Waals surface area contributed by atoms with Crippen LogP contribution in [0.4, 0.5) is 0 Å². The Labute approximate surface area is 208 Å². The summed E-state index contributed by atoms with van der Waals surface area (Å²) in [5, 5.41) is 9.47. The third-order valence-electron chi connectivity index (χ3n) is 5.59. The maximum absolute atomic E-state index is 11.7. The number of hydrogen-bond acceptors (Lipinski definition) is 3. The Bertz CT molecular complexity index is 869. The number of nitrogens with one attached hydrogen (secondary N) is 3. The van der Waals surface area contributed by atoms with Crippen LogP contribution in [0.15, 0.2) is 53.5 Å². The highest BCUT2D eigenvalue weighted by Crippen LogP contribution is 2.33. The third kappa shape index (κ3) is 7.48. The molecule has 0 radical (unpaired) electrons. The summed E-state index contributed by atoms with van der Waals surface area (Å²) in [6, 6.07) is 16.2. The molecule has 32 heavy (non-hydrogen) atoms. The van der Waals surface area contributed by atoms with Crippen molar-refractivity contribution >= 4 is 35.8 Å². The number of ether oxygens (including phenoxy) is 1. The Kier molecular flexibility index (Phi) is 11.0. The molecule has 6 nitrogen and oxygen atoms in total. The Hall–Kier alpha value is -2.13. The summed E-state index contributed by atoms with van der Waals surface area (Å²) in [4.78, 5) is 16.4. The number of hydrogen-bond donors (Lipinski definition) is 3. The minimum atomic E-state index is -0.0807. The van der Waals surface area contributed by atoms with E-state index in [2.05, 4.69) is 54.1 Å². The summed E-state index contributed by atoms with van der Waals surface area (Å²) in [6.45, 7) is 7.13. The van der Waals surface area contributed by atoms with Gasteiger partial charge in [-0.2, -0.15) is 0 Å². The van der Waals surface area contributed by atoms with E-state index in [1.54, 1.807) is 7.05 Å². The van der Waals surface area contributed by atoms with E-state index >= 15 is 0 Å². The molecule has 2 aromatic carbocycles. The van der Waals surface area contributed by atoms with Crippen molar-refractivity contribution in [3.8, 4) is 0 Å². The Morgan fingerprint density at radius 2 is 1.81 bits per heavy atom. The van der Waals surface area contributed by atoms with Crippen LogP contribution in [0, 0.1) is 12.8 Å². The molecule has 0 saturated carbocycles. The highest BCUT2D eigenvalue weighted by Gasteiger charge is 2.27. The molecule has 7 heteroatoms. The quantitative estimate of drug-likeness (QED) is 0.275. The van der Waals surface area contributed by atoms with Gasteiger partial charge in [0.1, 0.15) is 0 Å². The molecule has 1 amide bonds. The summed E-state index contributed by atoms with van der Waals surface area (Å²) in [5.74, 6) is 1.11. The summed E-state index contributed by atoms with van der Waals surface area (Å²) in [7, 11) is 1.63. The molecule has 0 aromatic heterocycles. The summed E-state index contributed by atoms with van der Waals surface area (Å²) >= 11 is 0. The first-order valence-corrected chi connectivity index (χ1v) is 11.1. The highest BCUT2D eigenvalue weighted by atomic mass is 127. The topological polar surface area (TPSA) is 74.8 Å². The van der Waals surface area contributed by atoms with Gasteiger partial charge in [0.25, 0.3) is 5.91 Å². The number of aryl methyl sites for hydroxylation is 1. The van der Waals surface area contributed by atoms with E-state index in [1.165, 1.54) is 11.1 Å². The van der Waals surface area contributed by atoms with Crippen molar-refractivity contribution in [2.45, 2.75) is 39.3 Å². The standard InChI is InChI=1S/C25H34N4O2.HI/c1-4-27-25(28-16-19-9-13-21(14-10-19)24(30)26-3)29-17-22-6-5-15-31-23(22)20-11-7-18(2)8-12-20;/h7-14,22-23H,4-6,15-17H2,1-3H3,(H,26,30)(H2,27,28,29);1H. The zero-order valence-corrected chi connectivity index (χ0v) is 21.5. The molecule has 1 aliphatic heterocycles. The van der Waals surface area contributed by atoms with Crippen LogP contribution >= 0.6 is 24.0 Å². The molecule has 0 aliphatic carbocycles. The van der Waals surface area contributed by atoms with E-state index in [0.29, 0.717) is 18.0 Å². The van der Waals surface area contributed by atoms with Crippen molar-refractivity contribution < 1.29 is 9.53 Å². The average molecular weight is 550 g/mol. The van der Waals surface area contributed by atoms with E-state index in [0.717, 1.165) is 44.1 Å². The molecule has 3 N–H and O–H groups in total. The number of amides is 1. The molecular formula is C25H35IN4O2. The lowest BCUT2D eigenvalue weighted by Gasteiger charge is -2.32. The fourth-order valence-corrected chi connectivity index (χ4v) is 3.82. The minimum Gasteiger partial charge on any atom is -0.373 e. The first kappa shape index (κ1) is 26.1. The van der Waals surface area contributed by atoms with Crippen LogP contribution in [0.3, 0.4) is 0 Å². The van der Waals surface area contributed by atoms with Gasteiger partial charge in [0.2, 0.25) is 0 Å². The molecule has 1 heterocycles. The maximum Gasteiger partial charge on any atom is 0.251 e. The van der Waals surface area contributed by atoms with Crippen LogP contribution < -0.4 is 16.0 Å². The van der Waals surface area contributed by atoms with Crippen LogP contribution in [0.25, 0.3) is 0 Å². The first-order chi connectivity index (χ1) is 15.1. The zero-order valence-electron chi connectivity index (χ0n) is 19.2. The molecule has 0 bridgehead atoms. The SMILES string of the molecule is CCNC(=NCc1ccc(C(=O)NC)cc1)NCC1CCCOC1c1ccc(C)cc1.I. The van der Waals surface area contributed by atoms with Crippen LogP contribution in [-0.4, -0.2) is 38.6 Å². The Balaban J connectivity index is 0.00000363. The number of carbonyl (C=O) groups excluding carboxylic acids is 1. The lowest BCUT2D eigenvalue weighted by Crippen LogP contribution is -2.42. The molecule has 2 unspecified atom stereocenters. The van der Waals surface area contributed by atoms with E-state index in [9.17, 15) is 4.79 Å². The minimum absolute atomic E-state index is 0. The fraction of sp³-hybridized carbons (Fsp3) is 0.440. The molecule has 1 saturated heterocycles. The van der Waals surface area contributed by atoms with E-state index in [1.807, 2.05) is 24.3 Å². The Morgan fingerprint density at radius 3 is 2.47 bits per heavy atom. The molecule has 1 fully saturated rings. The molecule has 2 aromatic rings. The van der Waals surface area contributed by atoms with Crippen LogP contribution in [0.2, 0.25) is 0 Å². The van der Waals surface area contributed by atoms with Gasteiger partial charge in [-0.1, -0.05) is 42.0 Å². The van der Waals surface area contributed by atoms with Gasteiger partial charge >= 0.3 is 0 Å². The van der Waals surface area contributed by atoms with Gasteiger partial charge < -0.3 is 20.7 Å². The van der Waals surface area contributed by atoms with Gasteiger partial charge in [-0.15, -0.1) is 24.0 Å². The highest BCUT2D eigenvalue weighted by molar-refractivity contribution is 14.0. The summed E-state index contributed by atoms with van der Waals surface area (Å²) in [5.41, 5.74) is 4.22. The molecule has 174 valence electrons. The fourth-order valence-electron chi connectivity index (χ4n) is 3.82. The summed E-state index contributed by atoms with van der Waals surface area (Å²) in [6.07, 6.45) is 2.33. The largest absolute Gasteiger partial charge is 0.373 e. The Morgan fingerprint density at radius 1 is 1.09 bits per heavy atom. The van der Waals surface area contributed by atoms with Crippen molar-refractivity contribution in [1.29, 1.82) is 0 Å². The van der Waals surface area contributed by atoms with Crippen molar-refractivity contribution in [2.24, 2.45) is 10.9 Å². The van der Waals surface area contributed by atoms with Crippen LogP contribution in [0.1, 0.15) is 52.9 Å². The third-order valence-corrected chi connectivity index (χ3v) is 5.59. The maximum atomic E-state index is 11.7. The van der Waals surface area contributed by atoms with E-state index in [4.69, 9.17) is 9.73 Å². The first-order valence-electron chi connectivity index (χ1n) is 11.1. The van der Waals surface area contributed by atoms with E-state index < -0.39 is 0 Å². The second-order valence-corrected chi connectivity index (χ2v) is 7.96. The molecule has 3 rings (SSSR count). The van der Waals surface area contributed by atoms with Gasteiger partial charge in [0, 0.05) is 38.2 Å². The van der Waals surface area contributed by atoms with Gasteiger partial charge in [0.05, 0.1) is 12.6 Å². The van der Waals surface area contributed by atoms with Crippen molar-refractivity contribution in [3.63, 3.8) is 0 Å². The van der Waals surface area contributed by atoms with Crippen LogP contribution in [0.5, 0.6) is 0 Å². The number of carbonyl (C=O) groups is 1. The lowest BCUT2D eigenvalue weighted by molar-refractivity contribution is -0.0265. The average Bonchev–Trinajstić information content (AvgIpc) is 2.81. The second kappa shape index (κ2) is 13.4.